The van der Waals surface area contributed by atoms with Crippen LogP contribution in [0, 0.1) is 0 Å². The molecule has 148 valence electrons. The van der Waals surface area contributed by atoms with Crippen LogP contribution in [0.1, 0.15) is 11.1 Å². The van der Waals surface area contributed by atoms with Crippen molar-refractivity contribution in [2.45, 2.75) is 13.1 Å². The van der Waals surface area contributed by atoms with Crippen molar-refractivity contribution in [3.63, 3.8) is 0 Å². The van der Waals surface area contributed by atoms with E-state index in [1.54, 1.807) is 24.3 Å². The number of hydrogen-bond acceptors (Lipinski definition) is 9. The van der Waals surface area contributed by atoms with Crippen LogP contribution in [0.5, 0.6) is 11.5 Å². The molecule has 0 atom stereocenters. The summed E-state index contributed by atoms with van der Waals surface area (Å²) < 4.78 is 11.3. The topological polar surface area (TPSA) is 131 Å². The molecule has 0 amide bonds. The Bertz CT molecular complexity index is 837. The summed E-state index contributed by atoms with van der Waals surface area (Å²) in [7, 11) is -2.07. The van der Waals surface area contributed by atoms with Crippen LogP contribution in [-0.4, -0.2) is 17.5 Å². The average Bonchev–Trinajstić information content (AvgIpc) is 2.63. The Kier molecular flexibility index (Phi) is 11.8. The van der Waals surface area contributed by atoms with Crippen molar-refractivity contribution >= 4 is 71.0 Å². The molecule has 0 bridgehead atoms. The molecular formula is C14H10BBr4LiN4O5. The van der Waals surface area contributed by atoms with E-state index in [1.165, 1.54) is 0 Å². The fraction of sp³-hybridized carbons (Fsp3) is 0.143. The molecule has 0 unspecified atom stereocenters. The van der Waals surface area contributed by atoms with E-state index in [2.05, 4.69) is 94.0 Å². The van der Waals surface area contributed by atoms with Crippen molar-refractivity contribution in [1.29, 1.82) is 0 Å². The molecule has 0 fully saturated rings. The maximum atomic E-state index is 11.4. The number of rotatable bonds is 8. The van der Waals surface area contributed by atoms with Crippen LogP contribution in [0.25, 0.3) is 0 Å². The first-order valence-electron chi connectivity index (χ1n) is 7.32. The van der Waals surface area contributed by atoms with E-state index in [9.17, 15) is 15.2 Å². The smallest absolute Gasteiger partial charge is 0.805 e. The minimum absolute atomic E-state index is 0. The normalized spacial score (nSPS) is 10.9. The fourth-order valence-corrected chi connectivity index (χ4v) is 4.48. The van der Waals surface area contributed by atoms with Gasteiger partial charge in [0.15, 0.2) is 0 Å². The summed E-state index contributed by atoms with van der Waals surface area (Å²) in [5.74, 6) is 0.0154. The summed E-state index contributed by atoms with van der Waals surface area (Å²) >= 11 is 13.0. The van der Waals surface area contributed by atoms with Crippen molar-refractivity contribution in [2.24, 2.45) is 20.8 Å². The Morgan fingerprint density at radius 3 is 1.55 bits per heavy atom. The molecule has 0 aliphatic heterocycles. The molecular weight excluding hydrogens is 642 g/mol. The van der Waals surface area contributed by atoms with Gasteiger partial charge in [-0.2, -0.15) is 10.2 Å². The third-order valence-corrected chi connectivity index (χ3v) is 5.20. The largest absolute Gasteiger partial charge is 1.00 e. The summed E-state index contributed by atoms with van der Waals surface area (Å²) in [5, 5.41) is 44.9. The number of aromatic hydroxyl groups is 2. The van der Waals surface area contributed by atoms with Crippen LogP contribution >= 0.6 is 63.7 Å². The van der Waals surface area contributed by atoms with Gasteiger partial charge >= 0.3 is 26.2 Å². The van der Waals surface area contributed by atoms with E-state index in [-0.39, 0.29) is 43.4 Å². The van der Waals surface area contributed by atoms with Crippen LogP contribution in [0.2, 0.25) is 0 Å². The van der Waals surface area contributed by atoms with Gasteiger partial charge in [0, 0.05) is 30.6 Å². The van der Waals surface area contributed by atoms with Crippen molar-refractivity contribution in [2.75, 3.05) is 0 Å². The second kappa shape index (κ2) is 12.9. The fourth-order valence-electron chi connectivity index (χ4n) is 1.85. The second-order valence-corrected chi connectivity index (χ2v) is 8.59. The number of benzene rings is 2. The zero-order valence-electron chi connectivity index (χ0n) is 14.7. The van der Waals surface area contributed by atoms with Crippen LogP contribution in [0.4, 0.5) is 0 Å². The van der Waals surface area contributed by atoms with E-state index >= 15 is 0 Å². The summed E-state index contributed by atoms with van der Waals surface area (Å²) in [6.07, 6.45) is 0. The van der Waals surface area contributed by atoms with E-state index in [0.717, 1.165) is 8.95 Å². The molecule has 0 aliphatic rings. The van der Waals surface area contributed by atoms with Crippen molar-refractivity contribution in [1.82, 2.24) is 0 Å². The molecule has 2 aromatic carbocycles. The molecule has 0 aliphatic carbocycles. The number of hydrogen-bond donors (Lipinski definition) is 2. The molecule has 29 heavy (non-hydrogen) atoms. The van der Waals surface area contributed by atoms with Crippen LogP contribution < -0.4 is 23.9 Å². The van der Waals surface area contributed by atoms with Gasteiger partial charge in [0.05, 0.1) is 22.0 Å². The van der Waals surface area contributed by atoms with Crippen molar-refractivity contribution in [3.05, 3.63) is 53.3 Å². The molecule has 2 aromatic rings. The monoisotopic (exact) mass is 648 g/mol. The minimum atomic E-state index is -2.07. The molecule has 0 aromatic heterocycles. The summed E-state index contributed by atoms with van der Waals surface area (Å²) in [5.41, 5.74) is 0.938. The van der Waals surface area contributed by atoms with Gasteiger partial charge in [-0.25, -0.2) is 0 Å². The number of phenolic OH excluding ortho intramolecular Hbond substituents is 2. The van der Waals surface area contributed by atoms with Crippen molar-refractivity contribution < 1.29 is 43.6 Å². The first-order chi connectivity index (χ1) is 13.3. The molecule has 0 heterocycles. The standard InChI is InChI=1S/C14H10BBr4N4O5.Li/c16-9-1-7(13(24)11(18)3-9)5-20-22-27-15(26)28-23-21-6-8-2-10(17)4-12(19)14(8)25;/h1-4,24-25H,5-6H2;/q-1;+1. The zero-order valence-corrected chi connectivity index (χ0v) is 21.1. The average molecular weight is 652 g/mol. The number of halogens is 4. The third kappa shape index (κ3) is 8.57. The van der Waals surface area contributed by atoms with E-state index in [0.29, 0.717) is 20.1 Å². The number of nitrogens with zero attached hydrogens (tertiary/aromatic N) is 4. The summed E-state index contributed by atoms with van der Waals surface area (Å²) in [6, 6.07) is 6.64. The van der Waals surface area contributed by atoms with Gasteiger partial charge in [0.25, 0.3) is 0 Å². The van der Waals surface area contributed by atoms with Gasteiger partial charge in [0.2, 0.25) is 0 Å². The zero-order chi connectivity index (χ0) is 20.7. The molecule has 0 spiro atoms. The predicted molar refractivity (Wildman–Crippen MR) is 112 cm³/mol. The molecule has 15 heteroatoms. The van der Waals surface area contributed by atoms with Gasteiger partial charge in [-0.1, -0.05) is 31.9 Å². The molecule has 0 saturated heterocycles. The molecule has 0 saturated carbocycles. The predicted octanol–water partition coefficient (Wildman–Crippen LogP) is 1.96. The van der Waals surface area contributed by atoms with Crippen LogP contribution in [-0.2, 0) is 22.6 Å². The van der Waals surface area contributed by atoms with Crippen LogP contribution in [0.3, 0.4) is 0 Å². The molecule has 2 N–H and O–H groups in total. The van der Waals surface area contributed by atoms with Crippen molar-refractivity contribution in [3.8, 4) is 11.5 Å². The number of phenols is 2. The van der Waals surface area contributed by atoms with E-state index in [1.807, 2.05) is 0 Å². The third-order valence-electron chi connectivity index (χ3n) is 3.08. The van der Waals surface area contributed by atoms with Gasteiger partial charge in [0.1, 0.15) is 11.5 Å². The van der Waals surface area contributed by atoms with Gasteiger partial charge in [-0.15, -0.1) is 0 Å². The Hall–Kier alpha value is -0.618. The summed E-state index contributed by atoms with van der Waals surface area (Å²) in [4.78, 5) is 0. The maximum Gasteiger partial charge on any atom is 1.00 e. The second-order valence-electron chi connectivity index (χ2n) is 5.05. The minimum Gasteiger partial charge on any atom is -0.805 e. The van der Waals surface area contributed by atoms with Gasteiger partial charge < -0.3 is 24.7 Å². The molecule has 0 radical (unpaired) electrons. The molecule has 2 rings (SSSR count). The Morgan fingerprint density at radius 1 is 0.793 bits per heavy atom. The molecule has 9 nitrogen and oxygen atoms in total. The van der Waals surface area contributed by atoms with Crippen LogP contribution in [0.15, 0.2) is 62.9 Å². The summed E-state index contributed by atoms with van der Waals surface area (Å²) in [6.45, 7) is -0.0374. The van der Waals surface area contributed by atoms with E-state index < -0.39 is 7.32 Å². The first-order valence-corrected chi connectivity index (χ1v) is 10.5. The quantitative estimate of drug-likeness (QED) is 0.256. The first kappa shape index (κ1) is 26.4. The van der Waals surface area contributed by atoms with Gasteiger partial charge in [-0.05, 0) is 56.1 Å². The maximum absolute atomic E-state index is 11.4. The Balaban J connectivity index is 0.00000420. The van der Waals surface area contributed by atoms with E-state index in [4.69, 9.17) is 0 Å². The Labute approximate surface area is 211 Å². The van der Waals surface area contributed by atoms with Gasteiger partial charge in [-0.3, -0.25) is 0 Å². The Morgan fingerprint density at radius 2 is 1.17 bits per heavy atom. The SMILES string of the molecule is [Li+].[O-]B(ON=NCc1cc(Br)cc(Br)c1O)ON=NCc1cc(Br)cc(Br)c1O.